The molecule has 1 rings (SSSR count). The van der Waals surface area contributed by atoms with Crippen LogP contribution in [0.4, 0.5) is 5.69 Å². The molecule has 0 radical (unpaired) electrons. The van der Waals surface area contributed by atoms with Crippen molar-refractivity contribution in [3.8, 4) is 0 Å². The highest BCUT2D eigenvalue weighted by Gasteiger charge is 1.95. The molecule has 1 nitrogen and oxygen atoms in total. The van der Waals surface area contributed by atoms with E-state index in [1.54, 1.807) is 0 Å². The van der Waals surface area contributed by atoms with Crippen LogP contribution in [-0.4, -0.2) is 3.72 Å². The molecule has 12 heavy (non-hydrogen) atoms. The van der Waals surface area contributed by atoms with E-state index in [-0.39, 0.29) is 0 Å². The minimum atomic E-state index is 1.07. The second-order valence-corrected chi connectivity index (χ2v) is 4.46. The molecule has 0 amide bonds. The topological polar surface area (TPSA) is 12.4 Å². The quantitative estimate of drug-likeness (QED) is 0.545. The highest BCUT2D eigenvalue weighted by atomic mass is 127. The largest absolute Gasteiger partial charge is 0.247 e. The molecule has 0 fully saturated rings. The van der Waals surface area contributed by atoms with Crippen molar-refractivity contribution in [1.29, 1.82) is 0 Å². The van der Waals surface area contributed by atoms with E-state index in [9.17, 15) is 0 Å². The summed E-state index contributed by atoms with van der Waals surface area (Å²) in [5.74, 6) is 0. The average Bonchev–Trinajstić information content (AvgIpc) is 1.96. The number of aliphatic imine (C=N–C) groups is 1. The van der Waals surface area contributed by atoms with Gasteiger partial charge in [0.1, 0.15) is 0 Å². The van der Waals surface area contributed by atoms with Gasteiger partial charge >= 0.3 is 0 Å². The third kappa shape index (κ3) is 2.59. The van der Waals surface area contributed by atoms with E-state index in [0.717, 1.165) is 9.41 Å². The van der Waals surface area contributed by atoms with E-state index in [4.69, 9.17) is 0 Å². The fraction of sp³-hybridized carbons (Fsp3) is 0.300. The van der Waals surface area contributed by atoms with Gasteiger partial charge < -0.3 is 0 Å². The van der Waals surface area contributed by atoms with Gasteiger partial charge in [0.25, 0.3) is 0 Å². The van der Waals surface area contributed by atoms with Crippen LogP contribution in [0.2, 0.25) is 0 Å². The summed E-state index contributed by atoms with van der Waals surface area (Å²) in [6.07, 6.45) is 0. The van der Waals surface area contributed by atoms with Crippen molar-refractivity contribution in [2.45, 2.75) is 20.8 Å². The summed E-state index contributed by atoms with van der Waals surface area (Å²) in [6.45, 7) is 6.17. The fourth-order valence-corrected chi connectivity index (χ4v) is 1.27. The summed E-state index contributed by atoms with van der Waals surface area (Å²) in [6, 6.07) is 6.32. The van der Waals surface area contributed by atoms with Gasteiger partial charge in [-0.3, -0.25) is 0 Å². The predicted molar refractivity (Wildman–Crippen MR) is 62.7 cm³/mol. The van der Waals surface area contributed by atoms with Gasteiger partial charge in [0, 0.05) is 0 Å². The molecule has 64 valence electrons. The molecule has 0 atom stereocenters. The molecule has 1 aromatic rings. The Morgan fingerprint density at radius 1 is 1.33 bits per heavy atom. The molecular weight excluding hydrogens is 261 g/mol. The monoisotopic (exact) mass is 273 g/mol. The Kier molecular flexibility index (Phi) is 3.26. The number of hydrogen-bond acceptors (Lipinski definition) is 1. The molecule has 0 aliphatic carbocycles. The highest BCUT2D eigenvalue weighted by molar-refractivity contribution is 14.1. The summed E-state index contributed by atoms with van der Waals surface area (Å²) in [5, 5.41) is 0. The minimum Gasteiger partial charge on any atom is -0.247 e. The van der Waals surface area contributed by atoms with E-state index >= 15 is 0 Å². The van der Waals surface area contributed by atoms with E-state index in [2.05, 4.69) is 59.6 Å². The zero-order valence-corrected chi connectivity index (χ0v) is 9.71. The van der Waals surface area contributed by atoms with Crippen LogP contribution in [0.3, 0.4) is 0 Å². The van der Waals surface area contributed by atoms with Crippen molar-refractivity contribution in [1.82, 2.24) is 0 Å². The van der Waals surface area contributed by atoms with Crippen LogP contribution in [-0.2, 0) is 0 Å². The zero-order chi connectivity index (χ0) is 9.14. The Balaban J connectivity index is 3.14. The molecular formula is C10H12IN. The summed E-state index contributed by atoms with van der Waals surface area (Å²) in [4.78, 5) is 4.42. The molecule has 0 spiro atoms. The lowest BCUT2D eigenvalue weighted by Crippen LogP contribution is -1.79. The molecule has 0 heterocycles. The van der Waals surface area contributed by atoms with Gasteiger partial charge in [0.05, 0.1) is 9.41 Å². The zero-order valence-electron chi connectivity index (χ0n) is 7.56. The molecule has 0 aliphatic heterocycles. The first-order valence-corrected chi connectivity index (χ1v) is 4.95. The Morgan fingerprint density at radius 2 is 2.00 bits per heavy atom. The van der Waals surface area contributed by atoms with Gasteiger partial charge in [-0.25, -0.2) is 4.99 Å². The van der Waals surface area contributed by atoms with Crippen molar-refractivity contribution in [3.05, 3.63) is 29.3 Å². The van der Waals surface area contributed by atoms with Gasteiger partial charge in [-0.1, -0.05) is 12.1 Å². The highest BCUT2D eigenvalue weighted by Crippen LogP contribution is 2.20. The molecule has 0 saturated carbocycles. The lowest BCUT2D eigenvalue weighted by Gasteiger charge is -2.01. The Bertz CT molecular complexity index is 312. The van der Waals surface area contributed by atoms with E-state index < -0.39 is 0 Å². The van der Waals surface area contributed by atoms with E-state index in [0.29, 0.717) is 0 Å². The van der Waals surface area contributed by atoms with Gasteiger partial charge in [-0.2, -0.15) is 0 Å². The lowest BCUT2D eigenvalue weighted by molar-refractivity contribution is 1.35. The summed E-state index contributed by atoms with van der Waals surface area (Å²) >= 11 is 2.22. The SMILES string of the molecule is CC(I)=Nc1cc(C)ccc1C. The number of benzene rings is 1. The van der Waals surface area contributed by atoms with Crippen molar-refractivity contribution in [3.63, 3.8) is 0 Å². The minimum absolute atomic E-state index is 1.07. The van der Waals surface area contributed by atoms with Crippen LogP contribution in [0.15, 0.2) is 23.2 Å². The van der Waals surface area contributed by atoms with Gasteiger partial charge in [0.2, 0.25) is 0 Å². The molecule has 0 saturated heterocycles. The van der Waals surface area contributed by atoms with Crippen LogP contribution in [0.5, 0.6) is 0 Å². The molecule has 0 unspecified atom stereocenters. The van der Waals surface area contributed by atoms with Crippen molar-refractivity contribution >= 4 is 32.0 Å². The Hall–Kier alpha value is -0.380. The van der Waals surface area contributed by atoms with E-state index in [1.807, 2.05) is 6.92 Å². The van der Waals surface area contributed by atoms with Crippen LogP contribution < -0.4 is 0 Å². The van der Waals surface area contributed by atoms with Crippen molar-refractivity contribution < 1.29 is 0 Å². The van der Waals surface area contributed by atoms with Crippen LogP contribution in [0.1, 0.15) is 18.1 Å². The second kappa shape index (κ2) is 4.03. The second-order valence-electron chi connectivity index (χ2n) is 2.90. The molecule has 0 aromatic heterocycles. The number of halogens is 1. The lowest BCUT2D eigenvalue weighted by atomic mass is 10.1. The number of rotatable bonds is 1. The molecule has 0 bridgehead atoms. The first kappa shape index (κ1) is 9.71. The normalized spacial score (nSPS) is 11.8. The third-order valence-corrected chi connectivity index (χ3v) is 1.88. The van der Waals surface area contributed by atoms with Gasteiger partial charge in [0.15, 0.2) is 0 Å². The molecule has 0 N–H and O–H groups in total. The first-order valence-electron chi connectivity index (χ1n) is 3.87. The maximum absolute atomic E-state index is 4.42. The van der Waals surface area contributed by atoms with Crippen LogP contribution >= 0.6 is 22.6 Å². The summed E-state index contributed by atoms with van der Waals surface area (Å²) in [5.41, 5.74) is 3.58. The van der Waals surface area contributed by atoms with Crippen molar-refractivity contribution in [2.24, 2.45) is 4.99 Å². The molecule has 1 aromatic carbocycles. The van der Waals surface area contributed by atoms with Crippen molar-refractivity contribution in [2.75, 3.05) is 0 Å². The molecule has 2 heteroatoms. The maximum atomic E-state index is 4.42. The van der Waals surface area contributed by atoms with Crippen LogP contribution in [0.25, 0.3) is 0 Å². The Labute approximate surface area is 87.0 Å². The number of aryl methyl sites for hydroxylation is 2. The van der Waals surface area contributed by atoms with Crippen LogP contribution in [0, 0.1) is 13.8 Å². The smallest absolute Gasteiger partial charge is 0.0760 e. The summed E-state index contributed by atoms with van der Waals surface area (Å²) in [7, 11) is 0. The number of nitrogens with zero attached hydrogens (tertiary/aromatic N) is 1. The summed E-state index contributed by atoms with van der Waals surface area (Å²) < 4.78 is 1.07. The van der Waals surface area contributed by atoms with Gasteiger partial charge in [-0.15, -0.1) is 0 Å². The first-order chi connectivity index (χ1) is 5.59. The fourth-order valence-electron chi connectivity index (χ4n) is 1.01. The maximum Gasteiger partial charge on any atom is 0.0760 e. The molecule has 0 aliphatic rings. The predicted octanol–water partition coefficient (Wildman–Crippen LogP) is 3.79. The number of hydrogen-bond donors (Lipinski definition) is 0. The Morgan fingerprint density at radius 3 is 2.58 bits per heavy atom. The third-order valence-electron chi connectivity index (χ3n) is 1.64. The average molecular weight is 273 g/mol. The van der Waals surface area contributed by atoms with Gasteiger partial charge in [-0.05, 0) is 60.6 Å². The standard InChI is InChI=1S/C10H12IN/c1-7-4-5-8(2)10(6-7)12-9(3)11/h4-6H,1-3H3. The van der Waals surface area contributed by atoms with E-state index in [1.165, 1.54) is 11.1 Å².